The number of rotatable bonds is 9. The molecule has 1 aliphatic carbocycles. The third kappa shape index (κ3) is 5.72. The van der Waals surface area contributed by atoms with Gasteiger partial charge in [0.25, 0.3) is 0 Å². The molecule has 1 fully saturated rings. The number of carbonyl (C=O) groups excluding carboxylic acids is 2. The van der Waals surface area contributed by atoms with Crippen molar-refractivity contribution in [1.82, 2.24) is 4.90 Å². The van der Waals surface area contributed by atoms with Crippen molar-refractivity contribution >= 4 is 11.6 Å². The zero-order chi connectivity index (χ0) is 28.3. The van der Waals surface area contributed by atoms with E-state index in [1.807, 2.05) is 36.4 Å². The number of aliphatic hydroxyl groups is 2. The highest BCUT2D eigenvalue weighted by molar-refractivity contribution is 6.09. The maximum absolute atomic E-state index is 13.9. The summed E-state index contributed by atoms with van der Waals surface area (Å²) in [7, 11) is 0. The number of aliphatic hydroxyl groups excluding tert-OH is 1. The van der Waals surface area contributed by atoms with E-state index in [4.69, 9.17) is 0 Å². The zero-order valence-electron chi connectivity index (χ0n) is 23.8. The predicted octanol–water partition coefficient (Wildman–Crippen LogP) is 5.46. The molecule has 1 heterocycles. The van der Waals surface area contributed by atoms with Gasteiger partial charge in [0, 0.05) is 12.5 Å². The van der Waals surface area contributed by atoms with Crippen LogP contribution in [0.3, 0.4) is 0 Å². The Morgan fingerprint density at radius 3 is 2.10 bits per heavy atom. The number of ketones is 2. The predicted molar refractivity (Wildman–Crippen MR) is 155 cm³/mol. The molecular weight excluding hydrogens is 486 g/mol. The van der Waals surface area contributed by atoms with Gasteiger partial charge < -0.3 is 10.2 Å². The summed E-state index contributed by atoms with van der Waals surface area (Å²) in [5, 5.41) is 23.2. The second-order valence-electron chi connectivity index (χ2n) is 12.2. The first-order valence-corrected chi connectivity index (χ1v) is 14.2. The minimum atomic E-state index is -1.77. The minimum Gasteiger partial charge on any atom is -0.393 e. The molecule has 2 aromatic rings. The summed E-state index contributed by atoms with van der Waals surface area (Å²) in [5.74, 6) is -0.465. The Kier molecular flexibility index (Phi) is 8.75. The van der Waals surface area contributed by atoms with Crippen molar-refractivity contribution in [3.8, 4) is 0 Å². The molecule has 5 heteroatoms. The lowest BCUT2D eigenvalue weighted by Crippen LogP contribution is -2.62. The van der Waals surface area contributed by atoms with Crippen molar-refractivity contribution < 1.29 is 19.8 Å². The van der Waals surface area contributed by atoms with E-state index in [1.165, 1.54) is 12.5 Å². The number of benzene rings is 2. The van der Waals surface area contributed by atoms with Crippen LogP contribution in [0.15, 0.2) is 84.5 Å². The van der Waals surface area contributed by atoms with Gasteiger partial charge in [0.1, 0.15) is 16.8 Å². The van der Waals surface area contributed by atoms with Gasteiger partial charge in [-0.05, 0) is 61.3 Å². The van der Waals surface area contributed by atoms with Gasteiger partial charge in [-0.15, -0.1) is 0 Å². The Hall–Kier alpha value is -2.86. The molecule has 208 valence electrons. The largest absolute Gasteiger partial charge is 0.393 e. The summed E-state index contributed by atoms with van der Waals surface area (Å²) in [6, 6.07) is 18.2. The number of hydrogen-bond donors (Lipinski definition) is 2. The summed E-state index contributed by atoms with van der Waals surface area (Å²) in [5.41, 5.74) is -0.850. The van der Waals surface area contributed by atoms with Gasteiger partial charge >= 0.3 is 0 Å². The van der Waals surface area contributed by atoms with Crippen LogP contribution in [0, 0.1) is 16.7 Å². The van der Waals surface area contributed by atoms with Crippen LogP contribution < -0.4 is 0 Å². The SMILES string of the molecule is CC(=O)C1(C(O)(c2ccccc2)c2ccccc2)CCN(CCCC(O)C2C=CC(C(C)(C)C)=CC2)CC1=O. The van der Waals surface area contributed by atoms with Crippen molar-refractivity contribution in [2.24, 2.45) is 16.7 Å². The molecule has 2 N–H and O–H groups in total. The van der Waals surface area contributed by atoms with Crippen LogP contribution in [0.4, 0.5) is 0 Å². The Bertz CT molecular complexity index is 1170. The van der Waals surface area contributed by atoms with Crippen molar-refractivity contribution in [2.75, 3.05) is 19.6 Å². The highest BCUT2D eigenvalue weighted by atomic mass is 16.3. The topological polar surface area (TPSA) is 77.8 Å². The smallest absolute Gasteiger partial charge is 0.164 e. The summed E-state index contributed by atoms with van der Waals surface area (Å²) >= 11 is 0. The third-order valence-corrected chi connectivity index (χ3v) is 8.72. The van der Waals surface area contributed by atoms with Crippen LogP contribution in [-0.2, 0) is 15.2 Å². The number of carbonyl (C=O) groups is 2. The number of likely N-dealkylation sites (tertiary alicyclic amines) is 1. The second-order valence-corrected chi connectivity index (χ2v) is 12.2. The molecule has 39 heavy (non-hydrogen) atoms. The first kappa shape index (κ1) is 29.1. The van der Waals surface area contributed by atoms with E-state index in [2.05, 4.69) is 43.9 Å². The minimum absolute atomic E-state index is 0.0959. The zero-order valence-corrected chi connectivity index (χ0v) is 23.8. The summed E-state index contributed by atoms with van der Waals surface area (Å²) < 4.78 is 0. The van der Waals surface area contributed by atoms with Gasteiger partial charge in [-0.3, -0.25) is 14.5 Å². The highest BCUT2D eigenvalue weighted by Gasteiger charge is 2.61. The van der Waals surface area contributed by atoms with E-state index in [1.54, 1.807) is 24.3 Å². The Morgan fingerprint density at radius 2 is 1.64 bits per heavy atom. The lowest BCUT2D eigenvalue weighted by molar-refractivity contribution is -0.163. The van der Waals surface area contributed by atoms with Crippen LogP contribution in [0.2, 0.25) is 0 Å². The first-order valence-electron chi connectivity index (χ1n) is 14.2. The molecule has 0 bridgehead atoms. The maximum atomic E-state index is 13.9. The number of Topliss-reactive ketones (excluding diaryl/α,β-unsaturated/α-hetero) is 2. The Morgan fingerprint density at radius 1 is 1.05 bits per heavy atom. The fourth-order valence-electron chi connectivity index (χ4n) is 6.32. The second kappa shape index (κ2) is 11.7. The number of hydrogen-bond acceptors (Lipinski definition) is 5. The quantitative estimate of drug-likeness (QED) is 0.422. The average molecular weight is 530 g/mol. The van der Waals surface area contributed by atoms with Crippen molar-refractivity contribution in [2.45, 2.75) is 65.1 Å². The van der Waals surface area contributed by atoms with E-state index < -0.39 is 17.1 Å². The monoisotopic (exact) mass is 529 g/mol. The van der Waals surface area contributed by atoms with Crippen LogP contribution in [0.1, 0.15) is 64.5 Å². The highest BCUT2D eigenvalue weighted by Crippen LogP contribution is 2.50. The molecule has 0 radical (unpaired) electrons. The molecular formula is C34H43NO4. The molecule has 0 saturated carbocycles. The van der Waals surface area contributed by atoms with Crippen molar-refractivity contribution in [1.29, 1.82) is 0 Å². The van der Waals surface area contributed by atoms with Crippen molar-refractivity contribution in [3.63, 3.8) is 0 Å². The molecule has 0 amide bonds. The van der Waals surface area contributed by atoms with E-state index in [0.717, 1.165) is 12.8 Å². The standard InChI is InChI=1S/C34H43NO4/c1-25(36)33(34(39,28-12-7-5-8-13-28)29-14-9-6-10-15-29)21-23-35(24-31(33)38)22-11-16-30(37)26-17-19-27(20-18-26)32(2,3)4/h5-10,12-15,17,19-20,26,30,37,39H,11,16,18,21-24H2,1-4H3. The van der Waals surface area contributed by atoms with E-state index in [9.17, 15) is 19.8 Å². The summed E-state index contributed by atoms with van der Waals surface area (Å²) in [6.45, 7) is 9.29. The molecule has 3 unspecified atom stereocenters. The normalized spacial score (nSPS) is 23.4. The molecule has 0 spiro atoms. The van der Waals surface area contributed by atoms with Gasteiger partial charge in [0.2, 0.25) is 0 Å². The molecule has 1 aliphatic heterocycles. The number of nitrogens with zero attached hydrogens (tertiary/aromatic N) is 1. The van der Waals surface area contributed by atoms with E-state index >= 15 is 0 Å². The third-order valence-electron chi connectivity index (χ3n) is 8.72. The first-order chi connectivity index (χ1) is 18.5. The molecule has 0 aromatic heterocycles. The van der Waals surface area contributed by atoms with E-state index in [0.29, 0.717) is 30.6 Å². The van der Waals surface area contributed by atoms with Crippen LogP contribution in [0.5, 0.6) is 0 Å². The van der Waals surface area contributed by atoms with Gasteiger partial charge in [-0.1, -0.05) is 99.7 Å². The van der Waals surface area contributed by atoms with Gasteiger partial charge in [0.05, 0.1) is 12.6 Å². The fourth-order valence-corrected chi connectivity index (χ4v) is 6.32. The van der Waals surface area contributed by atoms with Crippen molar-refractivity contribution in [3.05, 3.63) is 95.6 Å². The molecule has 5 nitrogen and oxygen atoms in total. The van der Waals surface area contributed by atoms with Crippen LogP contribution in [0.25, 0.3) is 0 Å². The van der Waals surface area contributed by atoms with Crippen LogP contribution in [-0.4, -0.2) is 52.4 Å². The molecule has 2 aromatic carbocycles. The molecule has 4 rings (SSSR count). The maximum Gasteiger partial charge on any atom is 0.164 e. The fraction of sp³-hybridized carbons (Fsp3) is 0.471. The average Bonchev–Trinajstić information content (AvgIpc) is 2.93. The van der Waals surface area contributed by atoms with Gasteiger partial charge in [0.15, 0.2) is 5.78 Å². The number of allylic oxidation sites excluding steroid dienone is 3. The Balaban J connectivity index is 1.45. The molecule has 2 aliphatic rings. The van der Waals surface area contributed by atoms with Gasteiger partial charge in [-0.25, -0.2) is 0 Å². The summed E-state index contributed by atoms with van der Waals surface area (Å²) in [4.78, 5) is 29.3. The Labute approximate surface area is 233 Å². The van der Waals surface area contributed by atoms with Crippen LogP contribution >= 0.6 is 0 Å². The van der Waals surface area contributed by atoms with E-state index in [-0.39, 0.29) is 35.9 Å². The number of piperidine rings is 1. The summed E-state index contributed by atoms with van der Waals surface area (Å²) in [6.07, 6.45) is 8.54. The van der Waals surface area contributed by atoms with Gasteiger partial charge in [-0.2, -0.15) is 0 Å². The lowest BCUT2D eigenvalue weighted by atomic mass is 9.58. The molecule has 1 saturated heterocycles. The lowest BCUT2D eigenvalue weighted by Gasteiger charge is -2.49. The molecule has 3 atom stereocenters.